The smallest absolute Gasteiger partial charge is 0.146 e. The minimum absolute atomic E-state index is 0.428. The van der Waals surface area contributed by atoms with Crippen LogP contribution in [-0.4, -0.2) is 22.6 Å². The zero-order valence-electron chi connectivity index (χ0n) is 12.2. The fourth-order valence-corrected chi connectivity index (χ4v) is 2.30. The molecule has 108 valence electrons. The van der Waals surface area contributed by atoms with E-state index in [9.17, 15) is 0 Å². The van der Waals surface area contributed by atoms with Gasteiger partial charge in [0.05, 0.1) is 0 Å². The summed E-state index contributed by atoms with van der Waals surface area (Å²) in [4.78, 5) is 8.56. The van der Waals surface area contributed by atoms with Crippen LogP contribution in [0, 0.1) is 0 Å². The van der Waals surface area contributed by atoms with Crippen LogP contribution in [0.15, 0.2) is 10.8 Å². The maximum Gasteiger partial charge on any atom is 0.146 e. The molecule has 4 nitrogen and oxygen atoms in total. The van der Waals surface area contributed by atoms with Crippen molar-refractivity contribution in [3.63, 3.8) is 0 Å². The molecule has 0 fully saturated rings. The maximum absolute atomic E-state index is 4.31. The largest absolute Gasteiger partial charge is 0.369 e. The monoisotopic (exact) mass is 328 g/mol. The Balaban J connectivity index is 2.57. The molecule has 0 aliphatic carbocycles. The van der Waals surface area contributed by atoms with Crippen LogP contribution >= 0.6 is 15.9 Å². The van der Waals surface area contributed by atoms with E-state index >= 15 is 0 Å². The first-order chi connectivity index (χ1) is 9.19. The zero-order chi connectivity index (χ0) is 14.1. The molecule has 2 N–H and O–H groups in total. The molecule has 0 spiro atoms. The third-order valence-electron chi connectivity index (χ3n) is 2.96. The fourth-order valence-electron chi connectivity index (χ4n) is 1.84. The van der Waals surface area contributed by atoms with Gasteiger partial charge in [-0.15, -0.1) is 0 Å². The standard InChI is InChI=1S/C14H25BrN4/c1-4-6-7-8-11(3)19-14-12(15)13(16-9-5-2)17-10-18-14/h10-11H,4-9H2,1-3H3,(H2,16,17,18,19). The van der Waals surface area contributed by atoms with Crippen LogP contribution in [0.3, 0.4) is 0 Å². The molecule has 0 aliphatic heterocycles. The minimum Gasteiger partial charge on any atom is -0.369 e. The predicted octanol–water partition coefficient (Wildman–Crippen LogP) is 4.44. The van der Waals surface area contributed by atoms with Gasteiger partial charge >= 0.3 is 0 Å². The quantitative estimate of drug-likeness (QED) is 0.658. The van der Waals surface area contributed by atoms with Crippen molar-refractivity contribution in [1.29, 1.82) is 0 Å². The van der Waals surface area contributed by atoms with Crippen LogP contribution in [0.1, 0.15) is 52.9 Å². The normalized spacial score (nSPS) is 12.2. The SMILES string of the molecule is CCCCCC(C)Nc1ncnc(NCCC)c1Br. The van der Waals surface area contributed by atoms with Gasteiger partial charge in [-0.1, -0.05) is 33.1 Å². The summed E-state index contributed by atoms with van der Waals surface area (Å²) >= 11 is 3.57. The van der Waals surface area contributed by atoms with Crippen LogP contribution in [-0.2, 0) is 0 Å². The van der Waals surface area contributed by atoms with E-state index in [0.717, 1.165) is 29.1 Å². The molecule has 0 aliphatic rings. The summed E-state index contributed by atoms with van der Waals surface area (Å²) in [5, 5.41) is 6.74. The van der Waals surface area contributed by atoms with Crippen molar-refractivity contribution in [3.05, 3.63) is 10.8 Å². The first-order valence-electron chi connectivity index (χ1n) is 7.19. The van der Waals surface area contributed by atoms with Gasteiger partial charge < -0.3 is 10.6 Å². The lowest BCUT2D eigenvalue weighted by atomic mass is 10.1. The highest BCUT2D eigenvalue weighted by Crippen LogP contribution is 2.27. The molecular formula is C14H25BrN4. The second-order valence-corrected chi connectivity index (χ2v) is 5.65. The van der Waals surface area contributed by atoms with Gasteiger partial charge in [-0.25, -0.2) is 9.97 Å². The van der Waals surface area contributed by atoms with Crippen molar-refractivity contribution < 1.29 is 0 Å². The molecule has 1 atom stereocenters. The van der Waals surface area contributed by atoms with Gasteiger partial charge in [-0.05, 0) is 35.7 Å². The molecule has 0 bridgehead atoms. The van der Waals surface area contributed by atoms with Crippen LogP contribution < -0.4 is 10.6 Å². The molecule has 0 aromatic carbocycles. The fraction of sp³-hybridized carbons (Fsp3) is 0.714. The summed E-state index contributed by atoms with van der Waals surface area (Å²) < 4.78 is 0.922. The Morgan fingerprint density at radius 2 is 1.89 bits per heavy atom. The van der Waals surface area contributed by atoms with Crippen molar-refractivity contribution in [3.8, 4) is 0 Å². The number of halogens is 1. The summed E-state index contributed by atoms with van der Waals surface area (Å²) in [7, 11) is 0. The zero-order valence-corrected chi connectivity index (χ0v) is 13.8. The van der Waals surface area contributed by atoms with E-state index in [4.69, 9.17) is 0 Å². The number of hydrogen-bond acceptors (Lipinski definition) is 4. The molecule has 0 radical (unpaired) electrons. The van der Waals surface area contributed by atoms with Gasteiger partial charge in [-0.2, -0.15) is 0 Å². The average molecular weight is 329 g/mol. The van der Waals surface area contributed by atoms with Gasteiger partial charge in [-0.3, -0.25) is 0 Å². The Bertz CT molecular complexity index is 370. The number of hydrogen-bond donors (Lipinski definition) is 2. The molecule has 1 aromatic rings. The van der Waals surface area contributed by atoms with E-state index in [1.54, 1.807) is 6.33 Å². The van der Waals surface area contributed by atoms with E-state index in [1.807, 2.05) is 0 Å². The van der Waals surface area contributed by atoms with Crippen molar-refractivity contribution in [1.82, 2.24) is 9.97 Å². The van der Waals surface area contributed by atoms with Gasteiger partial charge in [0, 0.05) is 12.6 Å². The van der Waals surface area contributed by atoms with Gasteiger partial charge in [0.25, 0.3) is 0 Å². The van der Waals surface area contributed by atoms with Crippen LogP contribution in [0.25, 0.3) is 0 Å². The topological polar surface area (TPSA) is 49.8 Å². The van der Waals surface area contributed by atoms with E-state index in [1.165, 1.54) is 25.7 Å². The molecule has 0 saturated carbocycles. The van der Waals surface area contributed by atoms with Gasteiger partial charge in [0.1, 0.15) is 22.4 Å². The lowest BCUT2D eigenvalue weighted by Crippen LogP contribution is -2.17. The molecule has 19 heavy (non-hydrogen) atoms. The molecule has 0 amide bonds. The predicted molar refractivity (Wildman–Crippen MR) is 85.7 cm³/mol. The van der Waals surface area contributed by atoms with Gasteiger partial charge in [0.2, 0.25) is 0 Å². The summed E-state index contributed by atoms with van der Waals surface area (Å²) in [6.45, 7) is 7.48. The van der Waals surface area contributed by atoms with Crippen molar-refractivity contribution >= 4 is 27.6 Å². The van der Waals surface area contributed by atoms with Crippen molar-refractivity contribution in [2.75, 3.05) is 17.2 Å². The lowest BCUT2D eigenvalue weighted by Gasteiger charge is -2.16. The molecule has 5 heteroatoms. The van der Waals surface area contributed by atoms with Crippen LogP contribution in [0.5, 0.6) is 0 Å². The van der Waals surface area contributed by atoms with Crippen molar-refractivity contribution in [2.24, 2.45) is 0 Å². The highest BCUT2D eigenvalue weighted by atomic mass is 79.9. The Hall–Kier alpha value is -0.840. The first kappa shape index (κ1) is 16.2. The third-order valence-corrected chi connectivity index (χ3v) is 3.71. The number of aromatic nitrogens is 2. The molecule has 0 saturated heterocycles. The first-order valence-corrected chi connectivity index (χ1v) is 7.99. The van der Waals surface area contributed by atoms with Crippen LogP contribution in [0.2, 0.25) is 0 Å². The second kappa shape index (κ2) is 9.13. The van der Waals surface area contributed by atoms with E-state index < -0.39 is 0 Å². The maximum atomic E-state index is 4.31. The van der Waals surface area contributed by atoms with E-state index in [2.05, 4.69) is 57.3 Å². The lowest BCUT2D eigenvalue weighted by molar-refractivity contribution is 0.613. The van der Waals surface area contributed by atoms with E-state index in [-0.39, 0.29) is 0 Å². The number of unbranched alkanes of at least 4 members (excludes halogenated alkanes) is 2. The number of rotatable bonds is 9. The molecule has 1 rings (SSSR count). The Morgan fingerprint density at radius 3 is 2.58 bits per heavy atom. The van der Waals surface area contributed by atoms with Gasteiger partial charge in [0.15, 0.2) is 0 Å². The third kappa shape index (κ3) is 5.76. The highest BCUT2D eigenvalue weighted by molar-refractivity contribution is 9.10. The second-order valence-electron chi connectivity index (χ2n) is 4.85. The molecule has 1 unspecified atom stereocenters. The molecule has 1 heterocycles. The summed E-state index contributed by atoms with van der Waals surface area (Å²) in [6, 6.07) is 0.428. The van der Waals surface area contributed by atoms with Crippen LogP contribution in [0.4, 0.5) is 11.6 Å². The summed E-state index contributed by atoms with van der Waals surface area (Å²) in [5.74, 6) is 1.73. The van der Waals surface area contributed by atoms with E-state index in [0.29, 0.717) is 6.04 Å². The average Bonchev–Trinajstić information content (AvgIpc) is 2.40. The van der Waals surface area contributed by atoms with Crippen molar-refractivity contribution in [2.45, 2.75) is 58.9 Å². The molecule has 1 aromatic heterocycles. The number of nitrogens with one attached hydrogen (secondary N) is 2. The number of nitrogens with zero attached hydrogens (tertiary/aromatic N) is 2. The summed E-state index contributed by atoms with van der Waals surface area (Å²) in [5.41, 5.74) is 0. The minimum atomic E-state index is 0.428. The Kier molecular flexibility index (Phi) is 7.79. The molecular weight excluding hydrogens is 304 g/mol. The number of anilines is 2. The highest BCUT2D eigenvalue weighted by Gasteiger charge is 2.10. The Morgan fingerprint density at radius 1 is 1.16 bits per heavy atom. The Labute approximate surface area is 124 Å². The summed E-state index contributed by atoms with van der Waals surface area (Å²) in [6.07, 6.45) is 7.65.